The molecule has 0 fully saturated rings. The first-order chi connectivity index (χ1) is 10.3. The molecule has 2 N–H and O–H groups in total. The topological polar surface area (TPSA) is 92.9 Å². The number of hydrogen-bond donors (Lipinski definition) is 1. The highest BCUT2D eigenvalue weighted by Gasteiger charge is 2.30. The molecule has 130 valence electrons. The molecule has 0 saturated heterocycles. The maximum absolute atomic E-state index is 12.4. The molecule has 23 heavy (non-hydrogen) atoms. The maximum atomic E-state index is 12.4. The Morgan fingerprint density at radius 2 is 2.09 bits per heavy atom. The van der Waals surface area contributed by atoms with Gasteiger partial charge in [-0.25, -0.2) is 12.7 Å². The van der Waals surface area contributed by atoms with Crippen LogP contribution in [0.1, 0.15) is 5.56 Å². The molecule has 1 amide bonds. The number of ether oxygens (including phenoxy) is 1. The standard InChI is InChI=1S/C14H21N3O4S.ClH/c1-16(2)22(19,20)11-5-4-10-6-7-17(13(10)8-11)14(18)12(15)9-21-3;/h4-5,8,12H,6-7,9,15H2,1-3H3;1H. The van der Waals surface area contributed by atoms with Gasteiger partial charge in [-0.05, 0) is 24.1 Å². The smallest absolute Gasteiger partial charge is 0.246 e. The van der Waals surface area contributed by atoms with E-state index in [2.05, 4.69) is 0 Å². The van der Waals surface area contributed by atoms with Gasteiger partial charge in [0.2, 0.25) is 15.9 Å². The van der Waals surface area contributed by atoms with Crippen molar-refractivity contribution in [1.29, 1.82) is 0 Å². The zero-order valence-corrected chi connectivity index (χ0v) is 15.0. The Bertz CT molecular complexity index is 679. The van der Waals surface area contributed by atoms with Crippen LogP contribution in [0.4, 0.5) is 5.69 Å². The number of amides is 1. The summed E-state index contributed by atoms with van der Waals surface area (Å²) in [4.78, 5) is 14.1. The minimum absolute atomic E-state index is 0. The summed E-state index contributed by atoms with van der Waals surface area (Å²) in [7, 11) is 0.885. The molecule has 0 bridgehead atoms. The van der Waals surface area contributed by atoms with Crippen molar-refractivity contribution in [2.24, 2.45) is 5.73 Å². The monoisotopic (exact) mass is 363 g/mol. The van der Waals surface area contributed by atoms with Crippen molar-refractivity contribution in [3.8, 4) is 0 Å². The van der Waals surface area contributed by atoms with Crippen molar-refractivity contribution in [2.45, 2.75) is 17.4 Å². The third-order valence-corrected chi connectivity index (χ3v) is 5.47. The Morgan fingerprint density at radius 1 is 1.43 bits per heavy atom. The van der Waals surface area contributed by atoms with Gasteiger partial charge in [-0.2, -0.15) is 0 Å². The molecule has 2 rings (SSSR count). The molecule has 0 aromatic heterocycles. The summed E-state index contributed by atoms with van der Waals surface area (Å²) < 4.78 is 30.5. The number of nitrogens with two attached hydrogens (primary N) is 1. The Labute approximate surface area is 142 Å². The van der Waals surface area contributed by atoms with Gasteiger partial charge < -0.3 is 15.4 Å². The van der Waals surface area contributed by atoms with Gasteiger partial charge in [0, 0.05) is 33.4 Å². The Morgan fingerprint density at radius 3 is 2.65 bits per heavy atom. The summed E-state index contributed by atoms with van der Waals surface area (Å²) in [6.07, 6.45) is 0.684. The third-order valence-electron chi connectivity index (χ3n) is 3.66. The van der Waals surface area contributed by atoms with Crippen molar-refractivity contribution in [1.82, 2.24) is 4.31 Å². The van der Waals surface area contributed by atoms with E-state index in [-0.39, 0.29) is 29.8 Å². The number of carbonyl (C=O) groups is 1. The van der Waals surface area contributed by atoms with Crippen molar-refractivity contribution in [3.63, 3.8) is 0 Å². The predicted molar refractivity (Wildman–Crippen MR) is 90.5 cm³/mol. The van der Waals surface area contributed by atoms with E-state index in [4.69, 9.17) is 10.5 Å². The number of benzene rings is 1. The second-order valence-electron chi connectivity index (χ2n) is 5.38. The normalized spacial score (nSPS) is 15.3. The lowest BCUT2D eigenvalue weighted by Gasteiger charge is -2.22. The van der Waals surface area contributed by atoms with Crippen molar-refractivity contribution < 1.29 is 17.9 Å². The Hall–Kier alpha value is -1.19. The lowest BCUT2D eigenvalue weighted by Crippen LogP contribution is -2.45. The molecule has 0 radical (unpaired) electrons. The molecule has 0 spiro atoms. The summed E-state index contributed by atoms with van der Waals surface area (Å²) in [6.45, 7) is 0.622. The van der Waals surface area contributed by atoms with Crippen LogP contribution in [0, 0.1) is 0 Å². The number of nitrogens with zero attached hydrogens (tertiary/aromatic N) is 2. The number of sulfonamides is 1. The Kier molecular flexibility index (Phi) is 6.55. The maximum Gasteiger partial charge on any atom is 0.246 e. The molecule has 1 atom stereocenters. The summed E-state index contributed by atoms with van der Waals surface area (Å²) in [6, 6.07) is 4.10. The van der Waals surface area contributed by atoms with Gasteiger partial charge in [-0.15, -0.1) is 12.4 Å². The fraction of sp³-hybridized carbons (Fsp3) is 0.500. The number of rotatable bonds is 5. The molecular formula is C14H22ClN3O4S. The highest BCUT2D eigenvalue weighted by molar-refractivity contribution is 7.89. The minimum atomic E-state index is -3.54. The van der Waals surface area contributed by atoms with E-state index in [0.717, 1.165) is 9.87 Å². The van der Waals surface area contributed by atoms with E-state index in [0.29, 0.717) is 18.7 Å². The average Bonchev–Trinajstić information content (AvgIpc) is 2.89. The Balaban J connectivity index is 0.00000264. The van der Waals surface area contributed by atoms with Gasteiger partial charge in [0.05, 0.1) is 11.5 Å². The van der Waals surface area contributed by atoms with Crippen LogP contribution >= 0.6 is 12.4 Å². The molecule has 1 heterocycles. The van der Waals surface area contributed by atoms with Crippen molar-refractivity contribution in [2.75, 3.05) is 39.3 Å². The van der Waals surface area contributed by atoms with E-state index < -0.39 is 16.1 Å². The predicted octanol–water partition coefficient (Wildman–Crippen LogP) is 0.222. The van der Waals surface area contributed by atoms with E-state index in [9.17, 15) is 13.2 Å². The van der Waals surface area contributed by atoms with Gasteiger partial charge >= 0.3 is 0 Å². The fourth-order valence-electron chi connectivity index (χ4n) is 2.41. The van der Waals surface area contributed by atoms with Crippen LogP contribution in [0.2, 0.25) is 0 Å². The zero-order chi connectivity index (χ0) is 16.5. The quantitative estimate of drug-likeness (QED) is 0.807. The van der Waals surface area contributed by atoms with Gasteiger partial charge in [0.1, 0.15) is 6.04 Å². The summed E-state index contributed by atoms with van der Waals surface area (Å²) in [5.41, 5.74) is 7.35. The average molecular weight is 364 g/mol. The number of halogens is 1. The molecule has 1 aromatic carbocycles. The van der Waals surface area contributed by atoms with Crippen LogP contribution in [0.5, 0.6) is 0 Å². The molecule has 0 aliphatic carbocycles. The number of methoxy groups -OCH3 is 1. The molecule has 7 nitrogen and oxygen atoms in total. The van der Waals surface area contributed by atoms with Crippen LogP contribution in [-0.4, -0.2) is 59.0 Å². The van der Waals surface area contributed by atoms with Gasteiger partial charge in [0.15, 0.2) is 0 Å². The largest absolute Gasteiger partial charge is 0.383 e. The van der Waals surface area contributed by atoms with Crippen molar-refractivity contribution >= 4 is 34.0 Å². The van der Waals surface area contributed by atoms with Crippen molar-refractivity contribution in [3.05, 3.63) is 23.8 Å². The lowest BCUT2D eigenvalue weighted by atomic mass is 10.2. The molecule has 1 aliphatic rings. The molecule has 1 aliphatic heterocycles. The summed E-state index contributed by atoms with van der Waals surface area (Å²) in [5.74, 6) is -0.264. The number of anilines is 1. The minimum Gasteiger partial charge on any atom is -0.383 e. The first-order valence-electron chi connectivity index (χ1n) is 6.90. The van der Waals surface area contributed by atoms with Gasteiger partial charge in [-0.3, -0.25) is 4.79 Å². The molecule has 1 unspecified atom stereocenters. The van der Waals surface area contributed by atoms with Crippen LogP contribution < -0.4 is 10.6 Å². The second kappa shape index (κ2) is 7.59. The first-order valence-corrected chi connectivity index (χ1v) is 8.34. The summed E-state index contributed by atoms with van der Waals surface area (Å²) >= 11 is 0. The highest BCUT2D eigenvalue weighted by atomic mass is 35.5. The zero-order valence-electron chi connectivity index (χ0n) is 13.4. The summed E-state index contributed by atoms with van der Waals surface area (Å²) in [5, 5.41) is 0. The van der Waals surface area contributed by atoms with E-state index in [1.54, 1.807) is 12.1 Å². The molecule has 9 heteroatoms. The number of fused-ring (bicyclic) bond motifs is 1. The SMILES string of the molecule is COCC(N)C(=O)N1CCc2ccc(S(=O)(=O)N(C)C)cc21.Cl. The van der Waals surface area contributed by atoms with E-state index in [1.165, 1.54) is 32.2 Å². The third kappa shape index (κ3) is 3.84. The van der Waals surface area contributed by atoms with E-state index in [1.807, 2.05) is 0 Å². The second-order valence-corrected chi connectivity index (χ2v) is 7.53. The molecular weight excluding hydrogens is 342 g/mol. The molecule has 1 aromatic rings. The highest BCUT2D eigenvalue weighted by Crippen LogP contribution is 2.31. The number of carbonyl (C=O) groups excluding carboxylic acids is 1. The van der Waals surface area contributed by atoms with Gasteiger partial charge in [0.25, 0.3) is 0 Å². The van der Waals surface area contributed by atoms with E-state index >= 15 is 0 Å². The van der Waals surface area contributed by atoms with Crippen LogP contribution in [0.3, 0.4) is 0 Å². The fourth-order valence-corrected chi connectivity index (χ4v) is 3.33. The molecule has 0 saturated carbocycles. The van der Waals surface area contributed by atoms with Crippen LogP contribution in [0.15, 0.2) is 23.1 Å². The van der Waals surface area contributed by atoms with Crippen LogP contribution in [-0.2, 0) is 26.0 Å². The lowest BCUT2D eigenvalue weighted by molar-refractivity contribution is -0.120. The number of hydrogen-bond acceptors (Lipinski definition) is 5. The first kappa shape index (κ1) is 19.9. The van der Waals surface area contributed by atoms with Gasteiger partial charge in [-0.1, -0.05) is 6.07 Å². The van der Waals surface area contributed by atoms with Crippen LogP contribution in [0.25, 0.3) is 0 Å².